The average Bonchev–Trinajstić information content (AvgIpc) is 2.11. The van der Waals surface area contributed by atoms with Crippen LogP contribution in [-0.2, 0) is 0 Å². The zero-order valence-electron chi connectivity index (χ0n) is 9.39. The molecule has 0 amide bonds. The van der Waals surface area contributed by atoms with Gasteiger partial charge in [-0.1, -0.05) is 30.3 Å². The van der Waals surface area contributed by atoms with Crippen LogP contribution in [0, 0.1) is 6.92 Å². The van der Waals surface area contributed by atoms with Gasteiger partial charge in [0.1, 0.15) is 0 Å². The van der Waals surface area contributed by atoms with Crippen molar-refractivity contribution >= 4 is 17.3 Å². The molecule has 0 aliphatic rings. The van der Waals surface area contributed by atoms with E-state index in [4.69, 9.17) is 11.6 Å². The molecule has 0 bridgehead atoms. The number of hydrogen-bond donors (Lipinski definition) is 2. The van der Waals surface area contributed by atoms with E-state index in [1.807, 2.05) is 25.1 Å². The van der Waals surface area contributed by atoms with Crippen LogP contribution in [-0.4, -0.2) is 6.04 Å². The molecule has 2 N–H and O–H groups in total. The van der Waals surface area contributed by atoms with E-state index in [2.05, 4.69) is 31.1 Å². The van der Waals surface area contributed by atoms with E-state index in [0.717, 1.165) is 22.1 Å². The van der Waals surface area contributed by atoms with Gasteiger partial charge in [-0.3, -0.25) is 0 Å². The van der Waals surface area contributed by atoms with Crippen LogP contribution in [0.1, 0.15) is 19.4 Å². The lowest BCUT2D eigenvalue weighted by Gasteiger charge is -2.16. The maximum atomic E-state index is 6.14. The van der Waals surface area contributed by atoms with Gasteiger partial charge < -0.3 is 10.6 Å². The summed E-state index contributed by atoms with van der Waals surface area (Å²) in [5.41, 5.74) is 1.94. The van der Waals surface area contributed by atoms with Crippen molar-refractivity contribution in [1.82, 2.24) is 5.32 Å². The van der Waals surface area contributed by atoms with Gasteiger partial charge in [-0.2, -0.15) is 0 Å². The first kappa shape index (κ1) is 11.9. The second-order valence-corrected chi connectivity index (χ2v) is 4.22. The van der Waals surface area contributed by atoms with Gasteiger partial charge in [0.05, 0.1) is 16.5 Å². The third-order valence-corrected chi connectivity index (χ3v) is 2.44. The van der Waals surface area contributed by atoms with E-state index >= 15 is 0 Å². The Balaban J connectivity index is 2.73. The van der Waals surface area contributed by atoms with Crippen molar-refractivity contribution in [1.29, 1.82) is 0 Å². The molecule has 2 nitrogen and oxygen atoms in total. The van der Waals surface area contributed by atoms with Crippen molar-refractivity contribution in [3.05, 3.63) is 41.2 Å². The molecule has 0 aliphatic heterocycles. The van der Waals surface area contributed by atoms with Crippen molar-refractivity contribution in [3.8, 4) is 0 Å². The van der Waals surface area contributed by atoms with Crippen LogP contribution in [0.4, 0.5) is 5.69 Å². The summed E-state index contributed by atoms with van der Waals surface area (Å²) in [6.07, 6.45) is 0. The molecule has 1 aromatic rings. The SMILES string of the molecule is C=C(Nc1cccc(C)c1Cl)NC(C)C. The highest BCUT2D eigenvalue weighted by atomic mass is 35.5. The molecule has 0 aliphatic carbocycles. The molecule has 3 heteroatoms. The van der Waals surface area contributed by atoms with Gasteiger partial charge in [-0.15, -0.1) is 0 Å². The minimum atomic E-state index is 0.355. The summed E-state index contributed by atoms with van der Waals surface area (Å²) in [6, 6.07) is 6.23. The zero-order chi connectivity index (χ0) is 11.4. The molecule has 1 aromatic carbocycles. The quantitative estimate of drug-likeness (QED) is 0.818. The van der Waals surface area contributed by atoms with Crippen LogP contribution in [0.5, 0.6) is 0 Å². The van der Waals surface area contributed by atoms with E-state index in [1.54, 1.807) is 0 Å². The van der Waals surface area contributed by atoms with E-state index in [-0.39, 0.29) is 0 Å². The molecule has 0 radical (unpaired) electrons. The van der Waals surface area contributed by atoms with Crippen LogP contribution in [0.2, 0.25) is 5.02 Å². The van der Waals surface area contributed by atoms with Crippen molar-refractivity contribution < 1.29 is 0 Å². The number of halogens is 1. The van der Waals surface area contributed by atoms with E-state index in [0.29, 0.717) is 6.04 Å². The second-order valence-electron chi connectivity index (χ2n) is 3.84. The maximum absolute atomic E-state index is 6.14. The second kappa shape index (κ2) is 5.08. The van der Waals surface area contributed by atoms with Gasteiger partial charge in [0.2, 0.25) is 0 Å². The molecule has 0 spiro atoms. The highest BCUT2D eigenvalue weighted by Crippen LogP contribution is 2.25. The Morgan fingerprint density at radius 3 is 2.67 bits per heavy atom. The molecule has 0 aromatic heterocycles. The fraction of sp³-hybridized carbons (Fsp3) is 0.333. The molecule has 15 heavy (non-hydrogen) atoms. The summed E-state index contributed by atoms with van der Waals surface area (Å²) in [5, 5.41) is 7.06. The Labute approximate surface area is 96.3 Å². The third-order valence-electron chi connectivity index (χ3n) is 1.94. The standard InChI is InChI=1S/C12H17ClN2/c1-8(2)14-10(4)15-11-7-5-6-9(3)12(11)13/h5-8,14-15H,4H2,1-3H3. The number of aryl methyl sites for hydroxylation is 1. The Morgan fingerprint density at radius 2 is 2.07 bits per heavy atom. The fourth-order valence-electron chi connectivity index (χ4n) is 1.29. The number of benzene rings is 1. The largest absolute Gasteiger partial charge is 0.370 e. The summed E-state index contributed by atoms with van der Waals surface area (Å²) >= 11 is 6.14. The van der Waals surface area contributed by atoms with Crippen molar-refractivity contribution in [2.24, 2.45) is 0 Å². The molecule has 82 valence electrons. The predicted molar refractivity (Wildman–Crippen MR) is 67.2 cm³/mol. The first-order valence-electron chi connectivity index (χ1n) is 4.98. The number of rotatable bonds is 4. The van der Waals surface area contributed by atoms with Gasteiger partial charge in [0, 0.05) is 6.04 Å². The molecule has 0 atom stereocenters. The third kappa shape index (κ3) is 3.48. The minimum absolute atomic E-state index is 0.355. The Morgan fingerprint density at radius 1 is 1.40 bits per heavy atom. The Bertz CT molecular complexity index is 359. The van der Waals surface area contributed by atoms with Gasteiger partial charge in [0.15, 0.2) is 0 Å². The van der Waals surface area contributed by atoms with Crippen LogP contribution in [0.3, 0.4) is 0 Å². The average molecular weight is 225 g/mol. The van der Waals surface area contributed by atoms with Gasteiger partial charge >= 0.3 is 0 Å². The molecule has 0 fully saturated rings. The number of nitrogens with one attached hydrogen (secondary N) is 2. The maximum Gasteiger partial charge on any atom is 0.0959 e. The zero-order valence-corrected chi connectivity index (χ0v) is 10.2. The summed E-state index contributed by atoms with van der Waals surface area (Å²) in [7, 11) is 0. The first-order valence-corrected chi connectivity index (χ1v) is 5.36. The van der Waals surface area contributed by atoms with Crippen LogP contribution >= 0.6 is 11.6 Å². The van der Waals surface area contributed by atoms with Crippen LogP contribution in [0.25, 0.3) is 0 Å². The van der Waals surface area contributed by atoms with E-state index < -0.39 is 0 Å². The monoisotopic (exact) mass is 224 g/mol. The van der Waals surface area contributed by atoms with Gasteiger partial charge in [-0.25, -0.2) is 0 Å². The highest BCUT2D eigenvalue weighted by molar-refractivity contribution is 6.34. The van der Waals surface area contributed by atoms with Gasteiger partial charge in [0.25, 0.3) is 0 Å². The fourth-order valence-corrected chi connectivity index (χ4v) is 1.46. The molecule has 1 rings (SSSR count). The van der Waals surface area contributed by atoms with Crippen molar-refractivity contribution in [2.75, 3.05) is 5.32 Å². The molecule has 0 heterocycles. The van der Waals surface area contributed by atoms with E-state index in [1.165, 1.54) is 0 Å². The first-order chi connectivity index (χ1) is 7.00. The molecular weight excluding hydrogens is 208 g/mol. The highest BCUT2D eigenvalue weighted by Gasteiger charge is 2.03. The molecule has 0 unspecified atom stereocenters. The lowest BCUT2D eigenvalue weighted by molar-refractivity contribution is 0.674. The number of anilines is 1. The molecule has 0 saturated heterocycles. The number of hydrogen-bond acceptors (Lipinski definition) is 2. The normalized spacial score (nSPS) is 10.2. The lowest BCUT2D eigenvalue weighted by Crippen LogP contribution is -2.25. The topological polar surface area (TPSA) is 24.1 Å². The van der Waals surface area contributed by atoms with Crippen LogP contribution < -0.4 is 10.6 Å². The van der Waals surface area contributed by atoms with Crippen LogP contribution in [0.15, 0.2) is 30.6 Å². The van der Waals surface area contributed by atoms with Crippen molar-refractivity contribution in [3.63, 3.8) is 0 Å². The van der Waals surface area contributed by atoms with Crippen molar-refractivity contribution in [2.45, 2.75) is 26.8 Å². The van der Waals surface area contributed by atoms with E-state index in [9.17, 15) is 0 Å². The minimum Gasteiger partial charge on any atom is -0.370 e. The summed E-state index contributed by atoms with van der Waals surface area (Å²) in [6.45, 7) is 9.98. The predicted octanol–water partition coefficient (Wildman–Crippen LogP) is 3.53. The summed E-state index contributed by atoms with van der Waals surface area (Å²) in [5.74, 6) is 0.762. The smallest absolute Gasteiger partial charge is 0.0959 e. The molecular formula is C12H17ClN2. The summed E-state index contributed by atoms with van der Waals surface area (Å²) < 4.78 is 0. The lowest BCUT2D eigenvalue weighted by atomic mass is 10.2. The Kier molecular flexibility index (Phi) is 4.04. The summed E-state index contributed by atoms with van der Waals surface area (Å²) in [4.78, 5) is 0. The molecule has 0 saturated carbocycles. The van der Waals surface area contributed by atoms with Gasteiger partial charge in [-0.05, 0) is 32.4 Å². The Hall–Kier alpha value is -1.15.